The SMILES string of the molecule is CC(C)C[C@H]1C(=O)N[C@@H](COC(C)(C)C)C(=O)N[C@H](C(=O)N2CCCCC2)CC(=O)N[C@H](C)C(=O)N(C)[C@@H](Cc2ccccc2)C(=O)N(C)[C@@H](CC(C)C)C(=O)N[C@@H]([C@@H](C)O)C(=O)N(C)[C@@H](C)C(=O)N1C. The number of carbonyl (C=O) groups is 9. The maximum atomic E-state index is 14.8. The lowest BCUT2D eigenvalue weighted by Crippen LogP contribution is -2.62. The van der Waals surface area contributed by atoms with Crippen molar-refractivity contribution in [3.8, 4) is 0 Å². The van der Waals surface area contributed by atoms with Crippen LogP contribution in [-0.2, 0) is 54.3 Å². The summed E-state index contributed by atoms with van der Waals surface area (Å²) in [5.41, 5.74) is -0.106. The average Bonchev–Trinajstić information content (AvgIpc) is 3.31. The Bertz CT molecular complexity index is 2020. The van der Waals surface area contributed by atoms with E-state index in [4.69, 9.17) is 4.74 Å². The predicted octanol–water partition coefficient (Wildman–Crippen LogP) is 1.22. The Kier molecular flexibility index (Phi) is 22.5. The summed E-state index contributed by atoms with van der Waals surface area (Å²) < 4.78 is 6.00. The third-order valence-electron chi connectivity index (χ3n) is 13.1. The zero-order valence-electron chi connectivity index (χ0n) is 44.6. The lowest BCUT2D eigenvalue weighted by atomic mass is 9.98. The van der Waals surface area contributed by atoms with Crippen LogP contribution in [-0.4, -0.2) is 191 Å². The van der Waals surface area contributed by atoms with Gasteiger partial charge in [0.2, 0.25) is 53.2 Å². The number of nitrogens with zero attached hydrogens (tertiary/aromatic N) is 5. The summed E-state index contributed by atoms with van der Waals surface area (Å²) in [5.74, 6) is -6.77. The standard InChI is InChI=1S/C51H83N9O11/c1-30(2)25-38-44(64)54-37(29-71-51(8,9)10)43(63)53-36(48(68)60-23-19-16-20-24-60)28-41(62)52-32(5)46(66)59(14)40(27-35-21-17-15-18-22-35)49(69)58(13)39(26-31(3)4)45(65)55-42(34(7)61)50(70)56(11)33(6)47(67)57(38)12/h15,17-18,21-22,30-34,36-40,42,61H,16,19-20,23-29H2,1-14H3,(H,52,62)(H,53,63)(H,54,64)(H,55,65)/t32-,33+,34-,36+,37+,38+,39+,40+,42+/m1/s1. The van der Waals surface area contributed by atoms with Crippen LogP contribution in [0.15, 0.2) is 30.3 Å². The number of rotatable bonds is 10. The smallest absolute Gasteiger partial charge is 0.248 e. The van der Waals surface area contributed by atoms with Gasteiger partial charge in [0.25, 0.3) is 0 Å². The van der Waals surface area contributed by atoms with Crippen molar-refractivity contribution in [2.75, 3.05) is 47.9 Å². The molecule has 398 valence electrons. The largest absolute Gasteiger partial charge is 0.391 e. The number of aliphatic hydroxyl groups excluding tert-OH is 1. The minimum atomic E-state index is -1.59. The van der Waals surface area contributed by atoms with Gasteiger partial charge in [-0.1, -0.05) is 58.0 Å². The van der Waals surface area contributed by atoms with E-state index in [-0.39, 0.29) is 37.7 Å². The molecule has 5 N–H and O–H groups in total. The van der Waals surface area contributed by atoms with Gasteiger partial charge in [-0.15, -0.1) is 0 Å². The van der Waals surface area contributed by atoms with Crippen LogP contribution >= 0.6 is 0 Å². The van der Waals surface area contributed by atoms with Crippen molar-refractivity contribution in [3.63, 3.8) is 0 Å². The molecule has 0 bridgehead atoms. The van der Waals surface area contributed by atoms with Gasteiger partial charge in [0, 0.05) is 47.7 Å². The Morgan fingerprint density at radius 2 is 1.18 bits per heavy atom. The second kappa shape index (κ2) is 26.7. The molecule has 0 saturated carbocycles. The summed E-state index contributed by atoms with van der Waals surface area (Å²) >= 11 is 0. The first-order valence-electron chi connectivity index (χ1n) is 25.0. The third-order valence-corrected chi connectivity index (χ3v) is 13.1. The molecular weight excluding hydrogens is 915 g/mol. The molecule has 2 aliphatic heterocycles. The van der Waals surface area contributed by atoms with Crippen LogP contribution in [0.5, 0.6) is 0 Å². The zero-order valence-corrected chi connectivity index (χ0v) is 44.6. The van der Waals surface area contributed by atoms with Crippen molar-refractivity contribution in [1.82, 2.24) is 45.8 Å². The Balaban J connectivity index is 2.24. The molecule has 9 atom stereocenters. The molecule has 1 aromatic rings. The molecule has 2 aliphatic rings. The normalized spacial score (nSPS) is 26.7. The lowest BCUT2D eigenvalue weighted by molar-refractivity contribution is -0.151. The molecule has 2 fully saturated rings. The molecule has 71 heavy (non-hydrogen) atoms. The van der Waals surface area contributed by atoms with E-state index >= 15 is 0 Å². The van der Waals surface area contributed by atoms with Crippen LogP contribution in [0.4, 0.5) is 0 Å². The highest BCUT2D eigenvalue weighted by Crippen LogP contribution is 2.20. The molecule has 0 unspecified atom stereocenters. The number of hydrogen-bond acceptors (Lipinski definition) is 11. The van der Waals surface area contributed by atoms with Crippen LogP contribution in [0.3, 0.4) is 0 Å². The predicted molar refractivity (Wildman–Crippen MR) is 267 cm³/mol. The molecule has 20 nitrogen and oxygen atoms in total. The highest BCUT2D eigenvalue weighted by Gasteiger charge is 2.42. The molecule has 2 saturated heterocycles. The fraction of sp³-hybridized carbons (Fsp3) is 0.706. The van der Waals surface area contributed by atoms with Gasteiger partial charge in [-0.2, -0.15) is 0 Å². The van der Waals surface area contributed by atoms with E-state index in [1.165, 1.54) is 63.7 Å². The van der Waals surface area contributed by atoms with E-state index in [2.05, 4.69) is 21.3 Å². The lowest BCUT2D eigenvalue weighted by Gasteiger charge is -2.37. The number of ether oxygens (including phenoxy) is 1. The van der Waals surface area contributed by atoms with E-state index < -0.39 is 120 Å². The summed E-state index contributed by atoms with van der Waals surface area (Å²) in [7, 11) is 5.56. The van der Waals surface area contributed by atoms with Crippen LogP contribution in [0.25, 0.3) is 0 Å². The molecule has 0 aliphatic carbocycles. The maximum Gasteiger partial charge on any atom is 0.248 e. The van der Waals surface area contributed by atoms with E-state index in [9.17, 15) is 48.3 Å². The second-order valence-corrected chi connectivity index (χ2v) is 21.1. The quantitative estimate of drug-likeness (QED) is 0.223. The number of benzene rings is 1. The van der Waals surface area contributed by atoms with Gasteiger partial charge in [-0.3, -0.25) is 43.2 Å². The minimum absolute atomic E-state index is 0.00990. The number of piperidine rings is 1. The Labute approximate surface area is 420 Å². The second-order valence-electron chi connectivity index (χ2n) is 21.1. The first kappa shape index (κ1) is 59.7. The monoisotopic (exact) mass is 998 g/mol. The average molecular weight is 998 g/mol. The van der Waals surface area contributed by atoms with Crippen molar-refractivity contribution >= 4 is 53.2 Å². The highest BCUT2D eigenvalue weighted by atomic mass is 16.5. The maximum absolute atomic E-state index is 14.8. The molecular formula is C51H83N9O11. The van der Waals surface area contributed by atoms with Crippen molar-refractivity contribution < 1.29 is 53.0 Å². The zero-order chi connectivity index (χ0) is 53.7. The first-order valence-corrected chi connectivity index (χ1v) is 25.0. The van der Waals surface area contributed by atoms with Crippen LogP contribution in [0.2, 0.25) is 0 Å². The van der Waals surface area contributed by atoms with Crippen molar-refractivity contribution in [1.29, 1.82) is 0 Å². The first-order chi connectivity index (χ1) is 33.1. The van der Waals surface area contributed by atoms with E-state index in [0.717, 1.165) is 11.3 Å². The summed E-state index contributed by atoms with van der Waals surface area (Å²) in [6.45, 7) is 17.2. The molecule has 0 radical (unpaired) electrons. The van der Waals surface area contributed by atoms with Crippen LogP contribution < -0.4 is 21.3 Å². The topological polar surface area (TPSA) is 247 Å². The molecule has 9 amide bonds. The van der Waals surface area contributed by atoms with Gasteiger partial charge in [0.05, 0.1) is 24.7 Å². The molecule has 3 rings (SSSR count). The number of carbonyl (C=O) groups excluding carboxylic acids is 9. The summed E-state index contributed by atoms with van der Waals surface area (Å²) in [6, 6.07) is -1.66. The number of likely N-dealkylation sites (tertiary alicyclic amines) is 1. The number of likely N-dealkylation sites (N-methyl/N-ethyl adjacent to an activating group) is 4. The van der Waals surface area contributed by atoms with Crippen molar-refractivity contribution in [2.45, 2.75) is 174 Å². The van der Waals surface area contributed by atoms with Gasteiger partial charge in [0.1, 0.15) is 48.3 Å². The Hall–Kier alpha value is -5.63. The number of amides is 9. The fourth-order valence-electron chi connectivity index (χ4n) is 8.65. The molecule has 2 heterocycles. The molecule has 1 aromatic carbocycles. The number of nitrogens with one attached hydrogen (secondary N) is 4. The van der Waals surface area contributed by atoms with Gasteiger partial charge < -0.3 is 55.6 Å². The number of hydrogen-bond donors (Lipinski definition) is 5. The van der Waals surface area contributed by atoms with Gasteiger partial charge in [-0.05, 0) is 91.0 Å². The van der Waals surface area contributed by atoms with Crippen molar-refractivity contribution in [2.24, 2.45) is 11.8 Å². The molecule has 0 aromatic heterocycles. The molecule has 0 spiro atoms. The fourth-order valence-corrected chi connectivity index (χ4v) is 8.65. The Morgan fingerprint density at radius 3 is 1.70 bits per heavy atom. The van der Waals surface area contributed by atoms with E-state index in [0.29, 0.717) is 31.5 Å². The Morgan fingerprint density at radius 1 is 0.662 bits per heavy atom. The summed E-state index contributed by atoms with van der Waals surface area (Å²) in [5, 5.41) is 21.8. The van der Waals surface area contributed by atoms with Crippen LogP contribution in [0, 0.1) is 11.8 Å². The minimum Gasteiger partial charge on any atom is -0.391 e. The van der Waals surface area contributed by atoms with Gasteiger partial charge in [-0.25, -0.2) is 0 Å². The highest BCUT2D eigenvalue weighted by molar-refractivity contribution is 5.99. The van der Waals surface area contributed by atoms with Crippen molar-refractivity contribution in [3.05, 3.63) is 35.9 Å². The van der Waals surface area contributed by atoms with E-state index in [1.807, 2.05) is 27.7 Å². The van der Waals surface area contributed by atoms with Crippen LogP contribution in [0.1, 0.15) is 113 Å². The third kappa shape index (κ3) is 17.3. The van der Waals surface area contributed by atoms with E-state index in [1.54, 1.807) is 56.0 Å². The number of aliphatic hydroxyl groups is 1. The van der Waals surface area contributed by atoms with Gasteiger partial charge in [0.15, 0.2) is 0 Å². The van der Waals surface area contributed by atoms with Gasteiger partial charge >= 0.3 is 0 Å². The molecule has 20 heteroatoms. The summed E-state index contributed by atoms with van der Waals surface area (Å²) in [4.78, 5) is 136. The summed E-state index contributed by atoms with van der Waals surface area (Å²) in [6.07, 6.45) is 0.497.